The number of hydrogen-bond acceptors (Lipinski definition) is 7. The summed E-state index contributed by atoms with van der Waals surface area (Å²) in [6, 6.07) is 6.57. The van der Waals surface area contributed by atoms with Crippen LogP contribution in [0, 0.1) is 6.92 Å². The third kappa shape index (κ3) is 3.62. The van der Waals surface area contributed by atoms with E-state index >= 15 is 0 Å². The number of amidine groups is 1. The second-order valence-corrected chi connectivity index (χ2v) is 7.22. The minimum atomic E-state index is -1.03. The van der Waals surface area contributed by atoms with E-state index in [0.29, 0.717) is 27.3 Å². The van der Waals surface area contributed by atoms with Gasteiger partial charge >= 0.3 is 5.97 Å². The van der Waals surface area contributed by atoms with E-state index in [-0.39, 0.29) is 11.5 Å². The molecule has 25 heavy (non-hydrogen) atoms. The third-order valence-corrected chi connectivity index (χ3v) is 5.13. The van der Waals surface area contributed by atoms with Crippen molar-refractivity contribution in [2.45, 2.75) is 13.8 Å². The molecule has 0 atom stereocenters. The van der Waals surface area contributed by atoms with Crippen LogP contribution in [0.4, 0.5) is 5.13 Å². The number of carboxylic acids is 1. The van der Waals surface area contributed by atoms with Crippen molar-refractivity contribution in [3.05, 3.63) is 45.3 Å². The number of aryl methyl sites for hydroxylation is 1. The van der Waals surface area contributed by atoms with Gasteiger partial charge < -0.3 is 5.11 Å². The lowest BCUT2D eigenvalue weighted by Crippen LogP contribution is -2.28. The second kappa shape index (κ2) is 7.16. The first-order valence-electron chi connectivity index (χ1n) is 7.42. The summed E-state index contributed by atoms with van der Waals surface area (Å²) >= 11 is 2.55. The Kier molecular flexibility index (Phi) is 4.95. The lowest BCUT2D eigenvalue weighted by molar-refractivity contribution is -0.122. The van der Waals surface area contributed by atoms with Gasteiger partial charge in [-0.1, -0.05) is 29.5 Å². The molecule has 1 aromatic carbocycles. The van der Waals surface area contributed by atoms with E-state index in [1.165, 1.54) is 34.1 Å². The van der Waals surface area contributed by atoms with E-state index in [1.54, 1.807) is 24.3 Å². The topological polar surface area (TPSA) is 95.8 Å². The van der Waals surface area contributed by atoms with Gasteiger partial charge in [-0.05, 0) is 43.3 Å². The number of aromatic nitrogens is 2. The van der Waals surface area contributed by atoms with E-state index in [1.807, 2.05) is 13.8 Å². The van der Waals surface area contributed by atoms with Gasteiger partial charge in [0, 0.05) is 6.54 Å². The van der Waals surface area contributed by atoms with Gasteiger partial charge in [-0.2, -0.15) is 4.99 Å². The summed E-state index contributed by atoms with van der Waals surface area (Å²) in [6.07, 6.45) is 1.59. The van der Waals surface area contributed by atoms with Gasteiger partial charge in [-0.25, -0.2) is 4.79 Å². The van der Waals surface area contributed by atoms with E-state index in [9.17, 15) is 14.7 Å². The van der Waals surface area contributed by atoms with Crippen molar-refractivity contribution in [1.82, 2.24) is 15.1 Å². The first-order valence-corrected chi connectivity index (χ1v) is 9.05. The lowest BCUT2D eigenvalue weighted by atomic mass is 10.1. The Morgan fingerprint density at radius 2 is 2.12 bits per heavy atom. The van der Waals surface area contributed by atoms with Crippen molar-refractivity contribution < 1.29 is 14.7 Å². The first-order chi connectivity index (χ1) is 12.0. The zero-order chi connectivity index (χ0) is 18.0. The van der Waals surface area contributed by atoms with Crippen LogP contribution in [0.15, 0.2) is 34.2 Å². The van der Waals surface area contributed by atoms with Crippen LogP contribution in [-0.2, 0) is 4.79 Å². The number of likely N-dealkylation sites (N-methyl/N-ethyl adjacent to an activating group) is 1. The molecule has 1 amide bonds. The van der Waals surface area contributed by atoms with Crippen molar-refractivity contribution in [2.24, 2.45) is 4.99 Å². The minimum Gasteiger partial charge on any atom is -0.478 e. The van der Waals surface area contributed by atoms with Crippen molar-refractivity contribution in [3.63, 3.8) is 0 Å². The number of aromatic carboxylic acids is 1. The number of thioether (sulfide) groups is 1. The molecule has 0 unspecified atom stereocenters. The molecular weight excluding hydrogens is 360 g/mol. The molecule has 1 N–H and O–H groups in total. The van der Waals surface area contributed by atoms with Crippen LogP contribution in [0.5, 0.6) is 0 Å². The number of carboxylic acid groups (broad SMARTS) is 1. The molecule has 9 heteroatoms. The highest BCUT2D eigenvalue weighted by molar-refractivity contribution is 8.18. The van der Waals surface area contributed by atoms with E-state index in [4.69, 9.17) is 0 Å². The third-order valence-electron chi connectivity index (χ3n) is 3.39. The highest BCUT2D eigenvalue weighted by Gasteiger charge is 2.32. The van der Waals surface area contributed by atoms with Gasteiger partial charge in [0.25, 0.3) is 5.91 Å². The van der Waals surface area contributed by atoms with E-state index in [0.717, 1.165) is 5.01 Å². The molecule has 2 aromatic rings. The average Bonchev–Trinajstić information content (AvgIpc) is 3.11. The van der Waals surface area contributed by atoms with Crippen molar-refractivity contribution in [1.29, 1.82) is 0 Å². The number of hydrogen-bond donors (Lipinski definition) is 1. The molecule has 1 aliphatic rings. The average molecular weight is 374 g/mol. The van der Waals surface area contributed by atoms with Crippen LogP contribution >= 0.6 is 23.1 Å². The molecule has 1 fully saturated rings. The zero-order valence-corrected chi connectivity index (χ0v) is 15.1. The molecule has 1 aliphatic heterocycles. The number of rotatable bonds is 4. The SMILES string of the molecule is CCN1C(=O)/C(=C\c2ccccc2C(=O)O)S/C1=N/c1nnc(C)s1. The van der Waals surface area contributed by atoms with Crippen molar-refractivity contribution >= 4 is 51.4 Å². The number of carbonyl (C=O) groups is 2. The molecule has 0 saturated carbocycles. The molecule has 1 saturated heterocycles. The number of carbonyl (C=O) groups excluding carboxylic acids is 1. The quantitative estimate of drug-likeness (QED) is 0.826. The lowest BCUT2D eigenvalue weighted by Gasteiger charge is -2.11. The van der Waals surface area contributed by atoms with Gasteiger partial charge in [-0.3, -0.25) is 9.69 Å². The molecule has 2 heterocycles. The summed E-state index contributed by atoms with van der Waals surface area (Å²) in [4.78, 5) is 30.3. The highest BCUT2D eigenvalue weighted by atomic mass is 32.2. The predicted octanol–water partition coefficient (Wildman–Crippen LogP) is 3.17. The summed E-state index contributed by atoms with van der Waals surface area (Å²) in [5.41, 5.74) is 0.631. The summed E-state index contributed by atoms with van der Waals surface area (Å²) in [7, 11) is 0. The van der Waals surface area contributed by atoms with Crippen LogP contribution in [0.2, 0.25) is 0 Å². The maximum Gasteiger partial charge on any atom is 0.336 e. The van der Waals surface area contributed by atoms with Crippen molar-refractivity contribution in [3.8, 4) is 0 Å². The standard InChI is InChI=1S/C16H14N4O3S2/c1-3-20-13(21)12(8-10-6-4-5-7-11(10)14(22)23)25-16(20)17-15-19-18-9(2)24-15/h4-8H,3H2,1-2H3,(H,22,23)/b12-8+,17-16+. The van der Waals surface area contributed by atoms with Gasteiger partial charge in [0.1, 0.15) is 5.01 Å². The number of aliphatic imine (C=N–C) groups is 1. The van der Waals surface area contributed by atoms with Gasteiger partial charge in [0.05, 0.1) is 10.5 Å². The second-order valence-electron chi connectivity index (χ2n) is 5.05. The Morgan fingerprint density at radius 1 is 1.36 bits per heavy atom. The smallest absolute Gasteiger partial charge is 0.336 e. The number of amides is 1. The predicted molar refractivity (Wildman–Crippen MR) is 98.1 cm³/mol. The number of benzene rings is 1. The zero-order valence-electron chi connectivity index (χ0n) is 13.5. The summed E-state index contributed by atoms with van der Waals surface area (Å²) in [6.45, 7) is 4.15. The molecule has 3 rings (SSSR count). The maximum atomic E-state index is 12.6. The van der Waals surface area contributed by atoms with Crippen LogP contribution < -0.4 is 0 Å². The Hall–Kier alpha value is -2.52. The maximum absolute atomic E-state index is 12.6. The highest BCUT2D eigenvalue weighted by Crippen LogP contribution is 2.34. The summed E-state index contributed by atoms with van der Waals surface area (Å²) in [5, 5.41) is 18.9. The molecule has 7 nitrogen and oxygen atoms in total. The van der Waals surface area contributed by atoms with Crippen LogP contribution in [0.3, 0.4) is 0 Å². The van der Waals surface area contributed by atoms with Crippen LogP contribution in [0.1, 0.15) is 27.9 Å². The Balaban J connectivity index is 1.98. The van der Waals surface area contributed by atoms with E-state index in [2.05, 4.69) is 15.2 Å². The first kappa shape index (κ1) is 17.3. The molecular formula is C16H14N4O3S2. The fraction of sp³-hybridized carbons (Fsp3) is 0.188. The van der Waals surface area contributed by atoms with Crippen molar-refractivity contribution in [2.75, 3.05) is 6.54 Å². The van der Waals surface area contributed by atoms with Gasteiger partial charge in [0.2, 0.25) is 5.13 Å². The molecule has 128 valence electrons. The molecule has 0 radical (unpaired) electrons. The largest absolute Gasteiger partial charge is 0.478 e. The molecule has 0 aliphatic carbocycles. The fourth-order valence-electron chi connectivity index (χ4n) is 2.24. The Bertz CT molecular complexity index is 904. The molecule has 0 spiro atoms. The minimum absolute atomic E-state index is 0.150. The van der Waals surface area contributed by atoms with Crippen LogP contribution in [-0.4, -0.2) is 43.8 Å². The Labute approximate surface area is 152 Å². The summed E-state index contributed by atoms with van der Waals surface area (Å²) < 4.78 is 0. The number of nitrogens with zero attached hydrogens (tertiary/aromatic N) is 4. The summed E-state index contributed by atoms with van der Waals surface area (Å²) in [5.74, 6) is -1.24. The van der Waals surface area contributed by atoms with Gasteiger partial charge in [-0.15, -0.1) is 10.2 Å². The van der Waals surface area contributed by atoms with Gasteiger partial charge in [0.15, 0.2) is 5.17 Å². The van der Waals surface area contributed by atoms with Crippen LogP contribution in [0.25, 0.3) is 6.08 Å². The fourth-order valence-corrected chi connectivity index (χ4v) is 3.89. The monoisotopic (exact) mass is 374 g/mol. The normalized spacial score (nSPS) is 17.7. The van der Waals surface area contributed by atoms with E-state index < -0.39 is 5.97 Å². The molecule has 0 bridgehead atoms. The molecule has 1 aromatic heterocycles. The Morgan fingerprint density at radius 3 is 2.76 bits per heavy atom.